The number of rotatable bonds is 12. The van der Waals surface area contributed by atoms with E-state index in [1.165, 1.54) is 36.8 Å². The van der Waals surface area contributed by atoms with Crippen molar-refractivity contribution in [2.45, 2.75) is 59.3 Å². The molecule has 0 radical (unpaired) electrons. The van der Waals surface area contributed by atoms with Gasteiger partial charge >= 0.3 is 0 Å². The normalized spacial score (nSPS) is 11.4. The molecule has 6 aromatic rings. The molecule has 0 unspecified atom stereocenters. The van der Waals surface area contributed by atoms with E-state index < -0.39 is 0 Å². The van der Waals surface area contributed by atoms with Crippen molar-refractivity contribution in [2.24, 2.45) is 0 Å². The third kappa shape index (κ3) is 7.28. The SMILES string of the molecule is C=C/C=C\c1nc(-c2ccc(-c3nc4ccccc4nc3-c3ccc(CCCC)cc3)cc2)c(-c2ccc(CCCC)cc2)nc1C. The van der Waals surface area contributed by atoms with Crippen LogP contribution in [0.25, 0.3) is 62.1 Å². The molecule has 0 aliphatic rings. The quantitative estimate of drug-likeness (QED) is 0.129. The van der Waals surface area contributed by atoms with Crippen LogP contribution in [-0.2, 0) is 12.8 Å². The van der Waals surface area contributed by atoms with Crippen LogP contribution in [0.2, 0.25) is 0 Å². The Balaban J connectivity index is 1.43. The summed E-state index contributed by atoms with van der Waals surface area (Å²) in [6.07, 6.45) is 12.6. The van der Waals surface area contributed by atoms with E-state index in [1.807, 2.05) is 43.3 Å². The molecule has 0 spiro atoms. The first-order valence-corrected chi connectivity index (χ1v) is 16.8. The van der Waals surface area contributed by atoms with Gasteiger partial charge in [0.25, 0.3) is 0 Å². The van der Waals surface area contributed by atoms with Gasteiger partial charge in [-0.1, -0.05) is 130 Å². The highest BCUT2D eigenvalue weighted by molar-refractivity contribution is 5.87. The summed E-state index contributed by atoms with van der Waals surface area (Å²) in [5.41, 5.74) is 13.8. The smallest absolute Gasteiger partial charge is 0.0973 e. The van der Waals surface area contributed by atoms with Crippen molar-refractivity contribution in [2.75, 3.05) is 0 Å². The second-order valence-electron chi connectivity index (χ2n) is 12.1. The minimum atomic E-state index is 0.831. The predicted molar refractivity (Wildman–Crippen MR) is 198 cm³/mol. The molecule has 2 heterocycles. The maximum absolute atomic E-state index is 5.14. The van der Waals surface area contributed by atoms with Crippen LogP contribution in [-0.4, -0.2) is 19.9 Å². The summed E-state index contributed by atoms with van der Waals surface area (Å²) in [5, 5.41) is 0. The van der Waals surface area contributed by atoms with Gasteiger partial charge < -0.3 is 0 Å². The van der Waals surface area contributed by atoms with Crippen molar-refractivity contribution in [3.63, 3.8) is 0 Å². The molecule has 4 heteroatoms. The zero-order valence-corrected chi connectivity index (χ0v) is 27.7. The lowest BCUT2D eigenvalue weighted by atomic mass is 9.98. The van der Waals surface area contributed by atoms with E-state index in [1.54, 1.807) is 6.08 Å². The van der Waals surface area contributed by atoms with Crippen LogP contribution in [0.3, 0.4) is 0 Å². The first-order chi connectivity index (χ1) is 23.1. The topological polar surface area (TPSA) is 51.6 Å². The highest BCUT2D eigenvalue weighted by atomic mass is 14.8. The molecule has 0 N–H and O–H groups in total. The van der Waals surface area contributed by atoms with Crippen molar-refractivity contribution in [3.05, 3.63) is 138 Å². The third-order valence-corrected chi connectivity index (χ3v) is 8.59. The van der Waals surface area contributed by atoms with Crippen LogP contribution in [0.15, 0.2) is 116 Å². The molecule has 0 saturated carbocycles. The van der Waals surface area contributed by atoms with Gasteiger partial charge in [-0.15, -0.1) is 0 Å². The lowest BCUT2D eigenvalue weighted by Crippen LogP contribution is -2.00. The molecule has 0 amide bonds. The summed E-state index contributed by atoms with van der Waals surface area (Å²) in [5.74, 6) is 0. The number of allylic oxidation sites excluding steroid dienone is 2. The molecule has 4 nitrogen and oxygen atoms in total. The molecular weight excluding hydrogens is 573 g/mol. The van der Waals surface area contributed by atoms with Crippen molar-refractivity contribution in [1.29, 1.82) is 0 Å². The highest BCUT2D eigenvalue weighted by Crippen LogP contribution is 2.35. The average molecular weight is 615 g/mol. The highest BCUT2D eigenvalue weighted by Gasteiger charge is 2.17. The fourth-order valence-corrected chi connectivity index (χ4v) is 5.86. The Kier molecular flexibility index (Phi) is 10.1. The Morgan fingerprint density at radius 3 is 1.36 bits per heavy atom. The number of fused-ring (bicyclic) bond motifs is 1. The van der Waals surface area contributed by atoms with Gasteiger partial charge in [0.05, 0.1) is 45.2 Å². The molecule has 0 atom stereocenters. The molecule has 0 saturated heterocycles. The van der Waals surface area contributed by atoms with Gasteiger partial charge in [0.15, 0.2) is 0 Å². The Bertz CT molecular complexity index is 2000. The lowest BCUT2D eigenvalue weighted by Gasteiger charge is -2.14. The first-order valence-electron chi connectivity index (χ1n) is 16.8. The maximum Gasteiger partial charge on any atom is 0.0973 e. The van der Waals surface area contributed by atoms with E-state index in [-0.39, 0.29) is 0 Å². The summed E-state index contributed by atoms with van der Waals surface area (Å²) in [6.45, 7) is 10.3. The van der Waals surface area contributed by atoms with Gasteiger partial charge in [-0.3, -0.25) is 0 Å². The number of unbranched alkanes of at least 4 members (excludes halogenated alkanes) is 2. The van der Waals surface area contributed by atoms with Crippen LogP contribution in [0.4, 0.5) is 0 Å². The van der Waals surface area contributed by atoms with Gasteiger partial charge in [0.2, 0.25) is 0 Å². The fourth-order valence-electron chi connectivity index (χ4n) is 5.86. The largest absolute Gasteiger partial charge is 0.249 e. The number of benzene rings is 4. The summed E-state index contributed by atoms with van der Waals surface area (Å²) in [6, 6.07) is 34.2. The minimum absolute atomic E-state index is 0.831. The van der Waals surface area contributed by atoms with Crippen LogP contribution in [0.5, 0.6) is 0 Å². The molecule has 6 rings (SSSR count). The molecule has 0 bridgehead atoms. The van der Waals surface area contributed by atoms with Crippen LogP contribution < -0.4 is 0 Å². The number of aryl methyl sites for hydroxylation is 3. The van der Waals surface area contributed by atoms with Gasteiger partial charge in [0.1, 0.15) is 0 Å². The Labute approximate surface area is 279 Å². The lowest BCUT2D eigenvalue weighted by molar-refractivity contribution is 0.795. The molecular formula is C43H42N4. The first kappa shape index (κ1) is 31.7. The number of para-hydroxylation sites is 2. The second kappa shape index (κ2) is 14.9. The van der Waals surface area contributed by atoms with E-state index in [4.69, 9.17) is 19.9 Å². The Hall–Kier alpha value is -5.22. The number of hydrogen-bond donors (Lipinski definition) is 0. The van der Waals surface area contributed by atoms with Crippen molar-refractivity contribution in [1.82, 2.24) is 19.9 Å². The Morgan fingerprint density at radius 2 is 0.936 bits per heavy atom. The van der Waals surface area contributed by atoms with Crippen LogP contribution in [0, 0.1) is 6.92 Å². The molecule has 0 aliphatic heterocycles. The molecule has 4 aromatic carbocycles. The molecule has 234 valence electrons. The third-order valence-electron chi connectivity index (χ3n) is 8.59. The second-order valence-corrected chi connectivity index (χ2v) is 12.1. The van der Waals surface area contributed by atoms with Gasteiger partial charge in [-0.05, 0) is 61.9 Å². The van der Waals surface area contributed by atoms with E-state index in [0.717, 1.165) is 80.3 Å². The summed E-state index contributed by atoms with van der Waals surface area (Å²) in [4.78, 5) is 20.5. The minimum Gasteiger partial charge on any atom is -0.249 e. The number of hydrogen-bond acceptors (Lipinski definition) is 4. The summed E-state index contributed by atoms with van der Waals surface area (Å²) < 4.78 is 0. The molecule has 47 heavy (non-hydrogen) atoms. The molecule has 0 fully saturated rings. The molecule has 0 aliphatic carbocycles. The maximum atomic E-state index is 5.14. The summed E-state index contributed by atoms with van der Waals surface area (Å²) >= 11 is 0. The number of aromatic nitrogens is 4. The predicted octanol–water partition coefficient (Wildman–Crippen LogP) is 11.3. The van der Waals surface area contributed by atoms with Crippen LogP contribution in [0.1, 0.15) is 62.0 Å². The zero-order valence-electron chi connectivity index (χ0n) is 27.7. The molecule has 2 aromatic heterocycles. The van der Waals surface area contributed by atoms with Crippen LogP contribution >= 0.6 is 0 Å². The number of nitrogens with zero attached hydrogens (tertiary/aromatic N) is 4. The zero-order chi connectivity index (χ0) is 32.6. The Morgan fingerprint density at radius 1 is 0.532 bits per heavy atom. The van der Waals surface area contributed by atoms with E-state index in [9.17, 15) is 0 Å². The van der Waals surface area contributed by atoms with Gasteiger partial charge in [-0.2, -0.15) is 0 Å². The van der Waals surface area contributed by atoms with Crippen molar-refractivity contribution < 1.29 is 0 Å². The van der Waals surface area contributed by atoms with Crippen molar-refractivity contribution >= 4 is 17.1 Å². The van der Waals surface area contributed by atoms with Gasteiger partial charge in [-0.25, -0.2) is 19.9 Å². The average Bonchev–Trinajstić information content (AvgIpc) is 3.12. The monoisotopic (exact) mass is 614 g/mol. The van der Waals surface area contributed by atoms with Gasteiger partial charge in [0, 0.05) is 22.3 Å². The standard InChI is InChI=1S/C43H42N4/c1-5-8-13-31-18-22-33(23-19-31)40-41(45-37(15-10-7-3)30(4)44-40)35-26-28-36(29-27-35)43-42(46-38-16-11-12-17-39(38)47-43)34-24-20-32(21-25-34)14-9-6-2/h7,10-12,15-29H,3,5-6,8-9,13-14H2,1-2,4H3/b15-10-. The summed E-state index contributed by atoms with van der Waals surface area (Å²) in [7, 11) is 0. The van der Waals surface area contributed by atoms with Crippen molar-refractivity contribution in [3.8, 4) is 45.0 Å². The van der Waals surface area contributed by atoms with E-state index in [2.05, 4.69) is 93.2 Å². The van der Waals surface area contributed by atoms with E-state index in [0.29, 0.717) is 0 Å². The fraction of sp³-hybridized carbons (Fsp3) is 0.209. The van der Waals surface area contributed by atoms with E-state index >= 15 is 0 Å².